The first-order valence-corrected chi connectivity index (χ1v) is 6.14. The zero-order valence-corrected chi connectivity index (χ0v) is 11.2. The van der Waals surface area contributed by atoms with Crippen molar-refractivity contribution in [3.63, 3.8) is 0 Å². The summed E-state index contributed by atoms with van der Waals surface area (Å²) in [7, 11) is 0. The molecule has 5 N–H and O–H groups in total. The third-order valence-corrected chi connectivity index (χ3v) is 3.22. The SMILES string of the molecule is CC1(C)CC(=O)C(=CCC(N)C(N)C(=O)O)C(=O)C1. The largest absolute Gasteiger partial charge is 0.480 e. The fourth-order valence-corrected chi connectivity index (χ4v) is 2.09. The van der Waals surface area contributed by atoms with Gasteiger partial charge < -0.3 is 16.6 Å². The minimum atomic E-state index is -1.21. The molecule has 0 saturated heterocycles. The first kappa shape index (κ1) is 15.5. The highest BCUT2D eigenvalue weighted by molar-refractivity contribution is 6.22. The normalized spacial score (nSPS) is 22.0. The Kier molecular flexibility index (Phi) is 4.60. The predicted molar refractivity (Wildman–Crippen MR) is 69.3 cm³/mol. The minimum absolute atomic E-state index is 0.0979. The summed E-state index contributed by atoms with van der Waals surface area (Å²) < 4.78 is 0. The van der Waals surface area contributed by atoms with Crippen LogP contribution in [0.15, 0.2) is 11.6 Å². The van der Waals surface area contributed by atoms with Gasteiger partial charge in [-0.15, -0.1) is 0 Å². The van der Waals surface area contributed by atoms with E-state index in [1.165, 1.54) is 6.08 Å². The van der Waals surface area contributed by atoms with Gasteiger partial charge >= 0.3 is 5.97 Å². The summed E-state index contributed by atoms with van der Waals surface area (Å²) in [4.78, 5) is 34.4. The van der Waals surface area contributed by atoms with E-state index in [4.69, 9.17) is 16.6 Å². The van der Waals surface area contributed by atoms with Crippen molar-refractivity contribution in [2.24, 2.45) is 16.9 Å². The number of carbonyl (C=O) groups is 3. The van der Waals surface area contributed by atoms with Crippen LogP contribution in [0.3, 0.4) is 0 Å². The predicted octanol–water partition coefficient (Wildman–Crippen LogP) is 0.000300. The first-order chi connectivity index (χ1) is 8.64. The van der Waals surface area contributed by atoms with Crippen molar-refractivity contribution in [2.45, 2.75) is 45.2 Å². The van der Waals surface area contributed by atoms with Crippen LogP contribution in [0.4, 0.5) is 0 Å². The molecule has 1 rings (SSSR count). The van der Waals surface area contributed by atoms with Gasteiger partial charge in [-0.05, 0) is 11.8 Å². The van der Waals surface area contributed by atoms with Crippen LogP contribution in [0.5, 0.6) is 0 Å². The number of ketones is 2. The number of carbonyl (C=O) groups excluding carboxylic acids is 2. The fraction of sp³-hybridized carbons (Fsp3) is 0.615. The van der Waals surface area contributed by atoms with E-state index in [-0.39, 0.29) is 29.0 Å². The van der Waals surface area contributed by atoms with E-state index in [2.05, 4.69) is 0 Å². The molecule has 2 unspecified atom stereocenters. The molecule has 6 heteroatoms. The van der Waals surface area contributed by atoms with E-state index in [1.807, 2.05) is 13.8 Å². The van der Waals surface area contributed by atoms with Crippen molar-refractivity contribution < 1.29 is 19.5 Å². The number of Topliss-reactive ketones (excluding diaryl/α,β-unsaturated/α-hetero) is 2. The highest BCUT2D eigenvalue weighted by Gasteiger charge is 2.35. The van der Waals surface area contributed by atoms with Crippen molar-refractivity contribution in [1.82, 2.24) is 0 Å². The maximum atomic E-state index is 11.9. The molecule has 106 valence electrons. The highest BCUT2D eigenvalue weighted by Crippen LogP contribution is 2.33. The summed E-state index contributed by atoms with van der Waals surface area (Å²) in [6, 6.07) is -2.03. The van der Waals surface area contributed by atoms with Gasteiger partial charge in [-0.2, -0.15) is 0 Å². The molecule has 0 radical (unpaired) electrons. The zero-order chi connectivity index (χ0) is 14.8. The van der Waals surface area contributed by atoms with Crippen molar-refractivity contribution in [1.29, 1.82) is 0 Å². The number of allylic oxidation sites excluding steroid dienone is 1. The van der Waals surface area contributed by atoms with Gasteiger partial charge in [0.1, 0.15) is 6.04 Å². The molecule has 0 amide bonds. The zero-order valence-electron chi connectivity index (χ0n) is 11.2. The molecule has 6 nitrogen and oxygen atoms in total. The number of rotatable bonds is 4. The van der Waals surface area contributed by atoms with E-state index in [1.54, 1.807) is 0 Å². The maximum absolute atomic E-state index is 11.9. The molecule has 1 fully saturated rings. The van der Waals surface area contributed by atoms with Crippen LogP contribution < -0.4 is 11.5 Å². The number of hydrogen-bond acceptors (Lipinski definition) is 5. The van der Waals surface area contributed by atoms with Crippen LogP contribution in [-0.2, 0) is 14.4 Å². The van der Waals surface area contributed by atoms with E-state index >= 15 is 0 Å². The second-order valence-electron chi connectivity index (χ2n) is 5.75. The van der Waals surface area contributed by atoms with E-state index in [0.29, 0.717) is 12.8 Å². The Morgan fingerprint density at radius 3 is 2.21 bits per heavy atom. The summed E-state index contributed by atoms with van der Waals surface area (Å²) in [6.07, 6.45) is 2.14. The third kappa shape index (κ3) is 3.97. The van der Waals surface area contributed by atoms with Gasteiger partial charge in [0.05, 0.1) is 5.57 Å². The lowest BCUT2D eigenvalue weighted by Gasteiger charge is -2.28. The number of carboxylic acids is 1. The van der Waals surface area contributed by atoms with Crippen LogP contribution >= 0.6 is 0 Å². The number of nitrogens with two attached hydrogens (primary N) is 2. The topological polar surface area (TPSA) is 123 Å². The van der Waals surface area contributed by atoms with Gasteiger partial charge in [-0.1, -0.05) is 19.9 Å². The molecule has 0 spiro atoms. The van der Waals surface area contributed by atoms with Crippen molar-refractivity contribution >= 4 is 17.5 Å². The van der Waals surface area contributed by atoms with Crippen LogP contribution in [0.2, 0.25) is 0 Å². The smallest absolute Gasteiger partial charge is 0.322 e. The molecule has 0 aliphatic heterocycles. The van der Waals surface area contributed by atoms with Gasteiger partial charge in [0.25, 0.3) is 0 Å². The van der Waals surface area contributed by atoms with Gasteiger partial charge in [0.15, 0.2) is 11.6 Å². The Morgan fingerprint density at radius 1 is 1.32 bits per heavy atom. The molecule has 0 aromatic heterocycles. The number of carboxylic acid groups (broad SMARTS) is 1. The van der Waals surface area contributed by atoms with Crippen molar-refractivity contribution in [2.75, 3.05) is 0 Å². The Bertz CT molecular complexity index is 418. The summed E-state index contributed by atoms with van der Waals surface area (Å²) >= 11 is 0. The van der Waals surface area contributed by atoms with E-state index in [9.17, 15) is 14.4 Å². The van der Waals surface area contributed by atoms with Crippen LogP contribution in [-0.4, -0.2) is 34.7 Å². The first-order valence-electron chi connectivity index (χ1n) is 6.14. The third-order valence-electron chi connectivity index (χ3n) is 3.22. The van der Waals surface area contributed by atoms with Gasteiger partial charge in [-0.3, -0.25) is 14.4 Å². The van der Waals surface area contributed by atoms with Gasteiger partial charge in [0.2, 0.25) is 0 Å². The average molecular weight is 268 g/mol. The van der Waals surface area contributed by atoms with Crippen molar-refractivity contribution in [3.05, 3.63) is 11.6 Å². The quantitative estimate of drug-likeness (QED) is 0.487. The summed E-state index contributed by atoms with van der Waals surface area (Å²) in [5.74, 6) is -1.62. The lowest BCUT2D eigenvalue weighted by Crippen LogP contribution is -2.46. The van der Waals surface area contributed by atoms with E-state index in [0.717, 1.165) is 0 Å². The van der Waals surface area contributed by atoms with Crippen LogP contribution in [0, 0.1) is 5.41 Å². The Labute approximate surface area is 111 Å². The standard InChI is InChI=1S/C13H20N2O4/c1-13(2)5-9(16)7(10(17)6-13)3-4-8(14)11(15)12(18)19/h3,8,11H,4-6,14-15H2,1-2H3,(H,18,19). The van der Waals surface area contributed by atoms with Gasteiger partial charge in [0, 0.05) is 18.9 Å². The Balaban J connectivity index is 2.75. The second kappa shape index (κ2) is 5.63. The molecule has 0 bridgehead atoms. The molecule has 2 atom stereocenters. The van der Waals surface area contributed by atoms with E-state index < -0.39 is 18.1 Å². The molecule has 1 saturated carbocycles. The molecular formula is C13H20N2O4. The maximum Gasteiger partial charge on any atom is 0.322 e. The highest BCUT2D eigenvalue weighted by atomic mass is 16.4. The summed E-state index contributed by atoms with van der Waals surface area (Å²) in [5.41, 5.74) is 10.8. The fourth-order valence-electron chi connectivity index (χ4n) is 2.09. The molecule has 19 heavy (non-hydrogen) atoms. The van der Waals surface area contributed by atoms with Crippen LogP contribution in [0.25, 0.3) is 0 Å². The molecule has 1 aliphatic carbocycles. The molecule has 0 heterocycles. The number of aliphatic carboxylic acids is 1. The molecule has 1 aliphatic rings. The van der Waals surface area contributed by atoms with Crippen molar-refractivity contribution in [3.8, 4) is 0 Å². The van der Waals surface area contributed by atoms with Crippen LogP contribution in [0.1, 0.15) is 33.1 Å². The number of hydrogen-bond donors (Lipinski definition) is 3. The molecular weight excluding hydrogens is 248 g/mol. The minimum Gasteiger partial charge on any atom is -0.480 e. The lowest BCUT2D eigenvalue weighted by molar-refractivity contribution is -0.139. The Hall–Kier alpha value is -1.53. The lowest BCUT2D eigenvalue weighted by atomic mass is 9.74. The summed E-state index contributed by atoms with van der Waals surface area (Å²) in [5, 5.41) is 8.70. The Morgan fingerprint density at radius 2 is 1.79 bits per heavy atom. The summed E-state index contributed by atoms with van der Waals surface area (Å²) in [6.45, 7) is 3.73. The average Bonchev–Trinajstić information content (AvgIpc) is 2.24. The molecule has 0 aromatic rings. The molecule has 0 aromatic carbocycles. The monoisotopic (exact) mass is 268 g/mol. The second-order valence-corrected chi connectivity index (χ2v) is 5.75. The van der Waals surface area contributed by atoms with Gasteiger partial charge in [-0.25, -0.2) is 0 Å².